The molecule has 0 unspecified atom stereocenters. The highest BCUT2D eigenvalue weighted by Crippen LogP contribution is 2.39. The summed E-state index contributed by atoms with van der Waals surface area (Å²) in [5, 5.41) is 0. The Kier molecular flexibility index (Phi) is 5.16. The maximum absolute atomic E-state index is 12.9. The highest BCUT2D eigenvalue weighted by Gasteiger charge is 2.23. The van der Waals surface area contributed by atoms with Crippen LogP contribution in [0.5, 0.6) is 23.0 Å². The van der Waals surface area contributed by atoms with Gasteiger partial charge in [0.25, 0.3) is 0 Å². The Morgan fingerprint density at radius 3 is 2.12 bits per heavy atom. The van der Waals surface area contributed by atoms with E-state index >= 15 is 0 Å². The maximum Gasteiger partial charge on any atom is 0.203 e. The van der Waals surface area contributed by atoms with Crippen LogP contribution in [-0.4, -0.2) is 34.2 Å². The van der Waals surface area contributed by atoms with Gasteiger partial charge in [0.05, 0.1) is 28.4 Å². The molecular weight excluding hydrogens is 332 g/mol. The normalized spacial score (nSPS) is 14.8. The Morgan fingerprint density at radius 1 is 0.846 bits per heavy atom. The van der Waals surface area contributed by atoms with Crippen LogP contribution in [0.1, 0.15) is 27.9 Å². The van der Waals surface area contributed by atoms with Crippen LogP contribution in [0, 0.1) is 0 Å². The Labute approximate surface area is 153 Å². The smallest absolute Gasteiger partial charge is 0.203 e. The summed E-state index contributed by atoms with van der Waals surface area (Å²) in [5.41, 5.74) is 3.35. The second-order valence-electron chi connectivity index (χ2n) is 5.98. The number of ketones is 1. The van der Waals surface area contributed by atoms with E-state index in [1.165, 1.54) is 0 Å². The molecule has 0 saturated carbocycles. The predicted octanol–water partition coefficient (Wildman–Crippen LogP) is 3.93. The number of aryl methyl sites for hydroxylation is 1. The molecule has 0 heterocycles. The lowest BCUT2D eigenvalue weighted by atomic mass is 9.86. The number of methoxy groups -OCH3 is 4. The number of carbonyl (C=O) groups excluding carboxylic acids is 1. The molecule has 0 bridgehead atoms. The standard InChI is InChI=1S/C21H22O5/c1-23-16-7-8-17-14(12-16)5-6-15(20(17)22)9-13-10-18(24-2)21(26-4)19(11-13)25-3/h7-12H,5-6H2,1-4H3/b15-9+. The average Bonchev–Trinajstić information content (AvgIpc) is 2.68. The van der Waals surface area contributed by atoms with Crippen molar-refractivity contribution in [2.75, 3.05) is 28.4 Å². The van der Waals surface area contributed by atoms with Gasteiger partial charge in [-0.3, -0.25) is 4.79 Å². The Balaban J connectivity index is 1.99. The summed E-state index contributed by atoms with van der Waals surface area (Å²) in [6.07, 6.45) is 3.37. The zero-order chi connectivity index (χ0) is 18.7. The minimum Gasteiger partial charge on any atom is -0.497 e. The molecule has 2 aromatic carbocycles. The molecule has 0 fully saturated rings. The Bertz CT molecular complexity index is 842. The van der Waals surface area contributed by atoms with Gasteiger partial charge in [-0.15, -0.1) is 0 Å². The lowest BCUT2D eigenvalue weighted by Gasteiger charge is -2.19. The number of Topliss-reactive ketones (excluding diaryl/α,β-unsaturated/α-hetero) is 1. The van der Waals surface area contributed by atoms with Gasteiger partial charge in [-0.25, -0.2) is 0 Å². The molecule has 5 nitrogen and oxygen atoms in total. The molecule has 0 atom stereocenters. The molecule has 2 aromatic rings. The highest BCUT2D eigenvalue weighted by molar-refractivity contribution is 6.13. The average molecular weight is 354 g/mol. The second-order valence-corrected chi connectivity index (χ2v) is 5.98. The van der Waals surface area contributed by atoms with Crippen LogP contribution in [0.25, 0.3) is 6.08 Å². The second kappa shape index (κ2) is 7.52. The van der Waals surface area contributed by atoms with Crippen LogP contribution in [0.2, 0.25) is 0 Å². The third kappa shape index (κ3) is 3.25. The topological polar surface area (TPSA) is 54.0 Å². The van der Waals surface area contributed by atoms with Gasteiger partial charge in [-0.05, 0) is 60.4 Å². The lowest BCUT2D eigenvalue weighted by molar-refractivity contribution is 0.102. The van der Waals surface area contributed by atoms with Crippen LogP contribution < -0.4 is 18.9 Å². The fourth-order valence-electron chi connectivity index (χ4n) is 3.20. The predicted molar refractivity (Wildman–Crippen MR) is 99.7 cm³/mol. The number of carbonyl (C=O) groups is 1. The summed E-state index contributed by atoms with van der Waals surface area (Å²) < 4.78 is 21.4. The lowest BCUT2D eigenvalue weighted by Crippen LogP contribution is -2.14. The fourth-order valence-corrected chi connectivity index (χ4v) is 3.20. The van der Waals surface area contributed by atoms with Crippen LogP contribution in [0.3, 0.4) is 0 Å². The first-order valence-electron chi connectivity index (χ1n) is 8.33. The molecule has 0 aromatic heterocycles. The van der Waals surface area contributed by atoms with E-state index in [9.17, 15) is 4.79 Å². The largest absolute Gasteiger partial charge is 0.497 e. The first-order chi connectivity index (χ1) is 12.6. The van der Waals surface area contributed by atoms with Crippen molar-refractivity contribution in [3.8, 4) is 23.0 Å². The first kappa shape index (κ1) is 17.9. The maximum atomic E-state index is 12.9. The molecule has 5 heteroatoms. The number of hydrogen-bond acceptors (Lipinski definition) is 5. The molecule has 0 amide bonds. The third-order valence-corrected chi connectivity index (χ3v) is 4.54. The molecule has 136 valence electrons. The monoisotopic (exact) mass is 354 g/mol. The quantitative estimate of drug-likeness (QED) is 0.762. The van der Waals surface area contributed by atoms with Crippen molar-refractivity contribution in [3.63, 3.8) is 0 Å². The molecule has 1 aliphatic rings. The van der Waals surface area contributed by atoms with E-state index in [1.807, 2.05) is 36.4 Å². The molecular formula is C21H22O5. The van der Waals surface area contributed by atoms with E-state index < -0.39 is 0 Å². The van der Waals surface area contributed by atoms with Gasteiger partial charge in [0.15, 0.2) is 17.3 Å². The molecule has 0 saturated heterocycles. The first-order valence-corrected chi connectivity index (χ1v) is 8.33. The summed E-state index contributed by atoms with van der Waals surface area (Å²) in [6, 6.07) is 9.26. The number of benzene rings is 2. The van der Waals surface area contributed by atoms with Gasteiger partial charge < -0.3 is 18.9 Å². The van der Waals surface area contributed by atoms with Crippen LogP contribution in [-0.2, 0) is 6.42 Å². The summed E-state index contributed by atoms with van der Waals surface area (Å²) >= 11 is 0. The molecule has 0 aliphatic heterocycles. The Hall–Kier alpha value is -2.95. The van der Waals surface area contributed by atoms with Crippen LogP contribution in [0.15, 0.2) is 35.9 Å². The van der Waals surface area contributed by atoms with E-state index in [0.29, 0.717) is 23.7 Å². The van der Waals surface area contributed by atoms with Gasteiger partial charge in [0.1, 0.15) is 5.75 Å². The van der Waals surface area contributed by atoms with Gasteiger partial charge in [-0.1, -0.05) is 0 Å². The van der Waals surface area contributed by atoms with Gasteiger partial charge in [0, 0.05) is 11.1 Å². The van der Waals surface area contributed by atoms with E-state index in [2.05, 4.69) is 0 Å². The molecule has 3 rings (SSSR count). The molecule has 0 N–H and O–H groups in total. The number of hydrogen-bond donors (Lipinski definition) is 0. The van der Waals surface area contributed by atoms with Gasteiger partial charge >= 0.3 is 0 Å². The van der Waals surface area contributed by atoms with Gasteiger partial charge in [0.2, 0.25) is 5.75 Å². The summed E-state index contributed by atoms with van der Waals surface area (Å²) in [5.74, 6) is 2.47. The van der Waals surface area contributed by atoms with Gasteiger partial charge in [-0.2, -0.15) is 0 Å². The van der Waals surface area contributed by atoms with Crippen LogP contribution in [0.4, 0.5) is 0 Å². The third-order valence-electron chi connectivity index (χ3n) is 4.54. The number of ether oxygens (including phenoxy) is 4. The van der Waals surface area contributed by atoms with Crippen molar-refractivity contribution in [2.45, 2.75) is 12.8 Å². The van der Waals surface area contributed by atoms with Crippen molar-refractivity contribution in [1.29, 1.82) is 0 Å². The number of fused-ring (bicyclic) bond motifs is 1. The fraction of sp³-hybridized carbons (Fsp3) is 0.286. The molecule has 1 aliphatic carbocycles. The SMILES string of the molecule is COc1ccc2c(c1)CC/C(=C\c1cc(OC)c(OC)c(OC)c1)C2=O. The minimum absolute atomic E-state index is 0.0441. The summed E-state index contributed by atoms with van der Waals surface area (Å²) in [4.78, 5) is 12.9. The Morgan fingerprint density at radius 2 is 1.54 bits per heavy atom. The van der Waals surface area contributed by atoms with Crippen molar-refractivity contribution in [3.05, 3.63) is 52.6 Å². The van der Waals surface area contributed by atoms with Crippen molar-refractivity contribution >= 4 is 11.9 Å². The zero-order valence-corrected chi connectivity index (χ0v) is 15.4. The van der Waals surface area contributed by atoms with Crippen molar-refractivity contribution < 1.29 is 23.7 Å². The minimum atomic E-state index is 0.0441. The highest BCUT2D eigenvalue weighted by atomic mass is 16.5. The van der Waals surface area contributed by atoms with E-state index in [0.717, 1.165) is 34.4 Å². The molecule has 0 spiro atoms. The molecule has 0 radical (unpaired) electrons. The van der Waals surface area contributed by atoms with E-state index in [-0.39, 0.29) is 5.78 Å². The van der Waals surface area contributed by atoms with Crippen molar-refractivity contribution in [1.82, 2.24) is 0 Å². The van der Waals surface area contributed by atoms with Crippen molar-refractivity contribution in [2.24, 2.45) is 0 Å². The molecule has 26 heavy (non-hydrogen) atoms. The summed E-state index contributed by atoms with van der Waals surface area (Å²) in [6.45, 7) is 0. The van der Waals surface area contributed by atoms with E-state index in [1.54, 1.807) is 28.4 Å². The van der Waals surface area contributed by atoms with Crippen LogP contribution >= 0.6 is 0 Å². The number of allylic oxidation sites excluding steroid dienone is 1. The zero-order valence-electron chi connectivity index (χ0n) is 15.4. The number of rotatable bonds is 5. The summed E-state index contributed by atoms with van der Waals surface area (Å²) in [7, 11) is 6.34. The van der Waals surface area contributed by atoms with E-state index in [4.69, 9.17) is 18.9 Å².